The van der Waals surface area contributed by atoms with Gasteiger partial charge in [0.25, 0.3) is 0 Å². The van der Waals surface area contributed by atoms with Gasteiger partial charge in [0.05, 0.1) is 29.3 Å². The molecule has 1 aromatic rings. The Bertz CT molecular complexity index is 521. The van der Waals surface area contributed by atoms with Crippen molar-refractivity contribution < 1.29 is 14.3 Å². The molecule has 1 unspecified atom stereocenters. The van der Waals surface area contributed by atoms with Crippen LogP contribution in [0.1, 0.15) is 18.4 Å². The summed E-state index contributed by atoms with van der Waals surface area (Å²) >= 11 is 9.30. The van der Waals surface area contributed by atoms with E-state index in [4.69, 9.17) is 25.9 Å². The van der Waals surface area contributed by atoms with Gasteiger partial charge in [-0.15, -0.1) is 11.6 Å². The summed E-state index contributed by atoms with van der Waals surface area (Å²) in [4.78, 5) is 5.25. The van der Waals surface area contributed by atoms with Crippen LogP contribution in [0.3, 0.4) is 0 Å². The van der Waals surface area contributed by atoms with Crippen molar-refractivity contribution in [1.82, 2.24) is 0 Å². The van der Waals surface area contributed by atoms with Crippen LogP contribution in [0, 0.1) is 0 Å². The lowest BCUT2D eigenvalue weighted by Crippen LogP contribution is -2.09. The fourth-order valence-corrected chi connectivity index (χ4v) is 2.80. The Morgan fingerprint density at radius 2 is 2.16 bits per heavy atom. The Balaban J connectivity index is 1.92. The van der Waals surface area contributed by atoms with Crippen LogP contribution in [0.4, 0.5) is 0 Å². The molecule has 1 atom stereocenters. The molecule has 0 amide bonds. The van der Waals surface area contributed by atoms with E-state index < -0.39 is 0 Å². The maximum atomic E-state index is 5.78. The third-order valence-corrected chi connectivity index (χ3v) is 3.97. The third kappa shape index (κ3) is 2.67. The molecule has 0 fully saturated rings. The van der Waals surface area contributed by atoms with Gasteiger partial charge >= 0.3 is 0 Å². The molecule has 0 radical (unpaired) electrons. The molecular formula is C13H13BrClNO3. The molecule has 6 heteroatoms. The van der Waals surface area contributed by atoms with Crippen LogP contribution in [0.5, 0.6) is 11.5 Å². The molecule has 0 saturated heterocycles. The summed E-state index contributed by atoms with van der Waals surface area (Å²) in [6, 6.07) is 3.93. The van der Waals surface area contributed by atoms with Gasteiger partial charge in [-0.05, 0) is 28.1 Å². The maximum Gasteiger partial charge on any atom is 0.175 e. The van der Waals surface area contributed by atoms with E-state index in [0.29, 0.717) is 19.1 Å². The summed E-state index contributed by atoms with van der Waals surface area (Å²) in [7, 11) is 0. The Kier molecular flexibility index (Phi) is 3.84. The Morgan fingerprint density at radius 3 is 2.95 bits per heavy atom. The molecule has 0 spiro atoms. The standard InChI is InChI=1S/C13H13BrClNO3/c14-10-4-8(11-6-9(7-15)19-16-11)5-12-13(10)18-3-1-2-17-12/h4-5,9H,1-3,6-7H2. The lowest BCUT2D eigenvalue weighted by Gasteiger charge is -2.11. The number of benzene rings is 1. The lowest BCUT2D eigenvalue weighted by atomic mass is 10.1. The van der Waals surface area contributed by atoms with Crippen molar-refractivity contribution in [1.29, 1.82) is 0 Å². The summed E-state index contributed by atoms with van der Waals surface area (Å²) in [5.41, 5.74) is 1.87. The average molecular weight is 347 g/mol. The first-order valence-electron chi connectivity index (χ1n) is 6.16. The molecule has 0 bridgehead atoms. The molecule has 0 aliphatic carbocycles. The van der Waals surface area contributed by atoms with Gasteiger partial charge in [-0.3, -0.25) is 0 Å². The Morgan fingerprint density at radius 1 is 1.32 bits per heavy atom. The Hall–Kier alpha value is -0.940. The molecule has 2 aliphatic rings. The van der Waals surface area contributed by atoms with Gasteiger partial charge in [-0.25, -0.2) is 0 Å². The first-order chi connectivity index (χ1) is 9.28. The minimum Gasteiger partial charge on any atom is -0.489 e. The van der Waals surface area contributed by atoms with Crippen LogP contribution in [0.15, 0.2) is 21.8 Å². The number of halogens is 2. The molecule has 1 aromatic carbocycles. The SMILES string of the molecule is ClCC1CC(c2cc(Br)c3c(c2)OCCCO3)=NO1. The fraction of sp³-hybridized carbons (Fsp3) is 0.462. The molecule has 0 aromatic heterocycles. The molecule has 19 heavy (non-hydrogen) atoms. The van der Waals surface area contributed by atoms with Crippen molar-refractivity contribution in [3.8, 4) is 11.5 Å². The highest BCUT2D eigenvalue weighted by atomic mass is 79.9. The molecule has 4 nitrogen and oxygen atoms in total. The largest absolute Gasteiger partial charge is 0.489 e. The third-order valence-electron chi connectivity index (χ3n) is 3.04. The van der Waals surface area contributed by atoms with Gasteiger partial charge in [-0.1, -0.05) is 5.16 Å². The minimum atomic E-state index is -0.0357. The Labute approximate surface area is 124 Å². The van der Waals surface area contributed by atoms with Crippen molar-refractivity contribution in [2.24, 2.45) is 5.16 Å². The fourth-order valence-electron chi connectivity index (χ4n) is 2.08. The number of nitrogens with zero attached hydrogens (tertiary/aromatic N) is 1. The molecule has 3 rings (SSSR count). The summed E-state index contributed by atoms with van der Waals surface area (Å²) < 4.78 is 12.3. The van der Waals surface area contributed by atoms with Crippen molar-refractivity contribution in [2.45, 2.75) is 18.9 Å². The second kappa shape index (κ2) is 5.59. The predicted molar refractivity (Wildman–Crippen MR) is 76.5 cm³/mol. The maximum absolute atomic E-state index is 5.78. The van der Waals surface area contributed by atoms with Gasteiger partial charge in [-0.2, -0.15) is 0 Å². The van der Waals surface area contributed by atoms with Crippen molar-refractivity contribution in [3.63, 3.8) is 0 Å². The molecule has 2 heterocycles. The van der Waals surface area contributed by atoms with E-state index in [1.165, 1.54) is 0 Å². The number of hydrogen-bond donors (Lipinski definition) is 0. The number of alkyl halides is 1. The van der Waals surface area contributed by atoms with Crippen LogP contribution >= 0.6 is 27.5 Å². The minimum absolute atomic E-state index is 0.0357. The van der Waals surface area contributed by atoms with Crippen LogP contribution in [0.2, 0.25) is 0 Å². The molecule has 102 valence electrons. The van der Waals surface area contributed by atoms with E-state index in [9.17, 15) is 0 Å². The highest BCUT2D eigenvalue weighted by Gasteiger charge is 2.24. The van der Waals surface area contributed by atoms with Crippen molar-refractivity contribution >= 4 is 33.2 Å². The average Bonchev–Trinajstić information content (AvgIpc) is 2.77. The van der Waals surface area contributed by atoms with E-state index >= 15 is 0 Å². The number of oxime groups is 1. The zero-order chi connectivity index (χ0) is 13.2. The summed E-state index contributed by atoms with van der Waals surface area (Å²) in [6.45, 7) is 1.33. The van der Waals surface area contributed by atoms with E-state index in [2.05, 4.69) is 21.1 Å². The monoisotopic (exact) mass is 345 g/mol. The van der Waals surface area contributed by atoms with Crippen LogP contribution in [-0.2, 0) is 4.84 Å². The lowest BCUT2D eigenvalue weighted by molar-refractivity contribution is 0.102. The highest BCUT2D eigenvalue weighted by Crippen LogP contribution is 2.39. The summed E-state index contributed by atoms with van der Waals surface area (Å²) in [5, 5.41) is 4.09. The summed E-state index contributed by atoms with van der Waals surface area (Å²) in [5.74, 6) is 1.95. The van der Waals surface area contributed by atoms with Crippen LogP contribution in [-0.4, -0.2) is 30.9 Å². The summed E-state index contributed by atoms with van der Waals surface area (Å²) in [6.07, 6.45) is 1.57. The predicted octanol–water partition coefficient (Wildman–Crippen LogP) is 3.34. The topological polar surface area (TPSA) is 40.0 Å². The zero-order valence-electron chi connectivity index (χ0n) is 10.2. The molecule has 0 N–H and O–H groups in total. The first-order valence-corrected chi connectivity index (χ1v) is 7.49. The highest BCUT2D eigenvalue weighted by molar-refractivity contribution is 9.10. The quantitative estimate of drug-likeness (QED) is 0.771. The zero-order valence-corrected chi connectivity index (χ0v) is 12.5. The number of rotatable bonds is 2. The van der Waals surface area contributed by atoms with Crippen LogP contribution in [0.25, 0.3) is 0 Å². The van der Waals surface area contributed by atoms with E-state index in [1.54, 1.807) is 0 Å². The van der Waals surface area contributed by atoms with E-state index in [1.807, 2.05) is 12.1 Å². The molecule has 0 saturated carbocycles. The molecule has 2 aliphatic heterocycles. The number of hydrogen-bond acceptors (Lipinski definition) is 4. The van der Waals surface area contributed by atoms with Gasteiger partial charge < -0.3 is 14.3 Å². The second-order valence-electron chi connectivity index (χ2n) is 4.46. The van der Waals surface area contributed by atoms with Gasteiger partial charge in [0.1, 0.15) is 6.10 Å². The first kappa shape index (κ1) is 13.1. The second-order valence-corrected chi connectivity index (χ2v) is 5.62. The van der Waals surface area contributed by atoms with Crippen molar-refractivity contribution in [3.05, 3.63) is 22.2 Å². The van der Waals surface area contributed by atoms with Crippen molar-refractivity contribution in [2.75, 3.05) is 19.1 Å². The number of fused-ring (bicyclic) bond motifs is 1. The molecular weight excluding hydrogens is 334 g/mol. The normalized spacial score (nSPS) is 21.6. The van der Waals surface area contributed by atoms with E-state index in [0.717, 1.165) is 40.1 Å². The van der Waals surface area contributed by atoms with E-state index in [-0.39, 0.29) is 6.10 Å². The van der Waals surface area contributed by atoms with Gasteiger partial charge in [0.2, 0.25) is 0 Å². The smallest absolute Gasteiger partial charge is 0.175 e. The van der Waals surface area contributed by atoms with Gasteiger partial charge in [0, 0.05) is 18.4 Å². The number of ether oxygens (including phenoxy) is 2. The van der Waals surface area contributed by atoms with Crippen LogP contribution < -0.4 is 9.47 Å². The van der Waals surface area contributed by atoms with Gasteiger partial charge in [0.15, 0.2) is 11.5 Å².